The molecule has 1 amide bonds. The van der Waals surface area contributed by atoms with Crippen molar-refractivity contribution in [3.05, 3.63) is 51.2 Å². The fourth-order valence-electron chi connectivity index (χ4n) is 1.71. The van der Waals surface area contributed by atoms with E-state index in [1.807, 2.05) is 32.0 Å². The van der Waals surface area contributed by atoms with Gasteiger partial charge in [-0.3, -0.25) is 4.79 Å². The molecule has 0 radical (unpaired) electrons. The zero-order chi connectivity index (χ0) is 14.0. The van der Waals surface area contributed by atoms with Crippen molar-refractivity contribution in [2.75, 3.05) is 5.32 Å². The summed E-state index contributed by atoms with van der Waals surface area (Å²) in [6, 6.07) is 6.73. The van der Waals surface area contributed by atoms with Crippen molar-refractivity contribution >= 4 is 17.4 Å². The number of aromatic amines is 1. The Hall–Kier alpha value is -2.70. The Labute approximate surface area is 108 Å². The molecule has 0 atom stereocenters. The first kappa shape index (κ1) is 12.7. The number of hydrogen-bond acceptors (Lipinski definition) is 4. The highest BCUT2D eigenvalue weighted by Crippen LogP contribution is 2.20. The number of aromatic nitrogens is 2. The molecule has 0 aliphatic rings. The molecular formula is C12H12N4O3. The van der Waals surface area contributed by atoms with Gasteiger partial charge in [-0.1, -0.05) is 23.3 Å². The van der Waals surface area contributed by atoms with Gasteiger partial charge in [0.15, 0.2) is 5.69 Å². The van der Waals surface area contributed by atoms with Gasteiger partial charge in [-0.25, -0.2) is 0 Å². The Morgan fingerprint density at radius 1 is 1.37 bits per heavy atom. The Bertz CT molecular complexity index is 628. The maximum atomic E-state index is 11.9. The maximum absolute atomic E-state index is 11.9. The molecule has 2 aromatic rings. The number of benzene rings is 1. The van der Waals surface area contributed by atoms with Crippen molar-refractivity contribution in [1.29, 1.82) is 0 Å². The average Bonchev–Trinajstić information content (AvgIpc) is 2.83. The van der Waals surface area contributed by atoms with Crippen LogP contribution in [-0.2, 0) is 0 Å². The molecule has 0 aliphatic heterocycles. The van der Waals surface area contributed by atoms with E-state index in [-0.39, 0.29) is 11.5 Å². The molecule has 0 bridgehead atoms. The highest BCUT2D eigenvalue weighted by molar-refractivity contribution is 6.04. The summed E-state index contributed by atoms with van der Waals surface area (Å²) in [5, 5.41) is 19.0. The smallest absolute Gasteiger partial charge is 0.343 e. The number of amides is 1. The predicted molar refractivity (Wildman–Crippen MR) is 69.1 cm³/mol. The topological polar surface area (TPSA) is 101 Å². The lowest BCUT2D eigenvalue weighted by atomic mass is 10.1. The first-order valence-electron chi connectivity index (χ1n) is 5.56. The van der Waals surface area contributed by atoms with Gasteiger partial charge in [0.2, 0.25) is 0 Å². The van der Waals surface area contributed by atoms with E-state index in [0.29, 0.717) is 5.69 Å². The van der Waals surface area contributed by atoms with E-state index in [4.69, 9.17) is 0 Å². The number of rotatable bonds is 3. The van der Waals surface area contributed by atoms with E-state index >= 15 is 0 Å². The van der Waals surface area contributed by atoms with E-state index in [1.165, 1.54) is 0 Å². The van der Waals surface area contributed by atoms with Gasteiger partial charge in [0.05, 0.1) is 6.07 Å². The third-order valence-corrected chi connectivity index (χ3v) is 2.71. The number of hydrogen-bond donors (Lipinski definition) is 2. The zero-order valence-electron chi connectivity index (χ0n) is 10.4. The standard InChI is InChI=1S/C12H12N4O3/c1-7-4-3-5-8(2)11(7)13-12(17)9-6-10(15-14-9)16(18)19/h3-6H,1-2H3,(H,13,17)(H,14,15). The number of para-hydroxylation sites is 1. The first-order chi connectivity index (χ1) is 8.99. The molecule has 0 aliphatic carbocycles. The fraction of sp³-hybridized carbons (Fsp3) is 0.167. The summed E-state index contributed by atoms with van der Waals surface area (Å²) in [6.45, 7) is 3.74. The summed E-state index contributed by atoms with van der Waals surface area (Å²) in [5.74, 6) is -0.798. The maximum Gasteiger partial charge on any atom is 0.343 e. The number of anilines is 1. The van der Waals surface area contributed by atoms with Crippen LogP contribution in [0.1, 0.15) is 21.6 Å². The third-order valence-electron chi connectivity index (χ3n) is 2.71. The zero-order valence-corrected chi connectivity index (χ0v) is 10.4. The number of H-pyrrole nitrogens is 1. The molecule has 0 saturated carbocycles. The van der Waals surface area contributed by atoms with Crippen molar-refractivity contribution in [1.82, 2.24) is 10.2 Å². The summed E-state index contributed by atoms with van der Waals surface area (Å²) in [4.78, 5) is 21.8. The lowest BCUT2D eigenvalue weighted by Gasteiger charge is -2.09. The van der Waals surface area contributed by atoms with Crippen LogP contribution in [0.4, 0.5) is 11.5 Å². The van der Waals surface area contributed by atoms with Crippen LogP contribution < -0.4 is 5.32 Å². The van der Waals surface area contributed by atoms with Gasteiger partial charge in [0.25, 0.3) is 5.91 Å². The van der Waals surface area contributed by atoms with Gasteiger partial charge < -0.3 is 15.4 Å². The number of nitrogens with one attached hydrogen (secondary N) is 2. The minimum atomic E-state index is -0.636. The van der Waals surface area contributed by atoms with E-state index < -0.39 is 10.8 Å². The van der Waals surface area contributed by atoms with Crippen molar-refractivity contribution < 1.29 is 9.72 Å². The molecular weight excluding hydrogens is 248 g/mol. The van der Waals surface area contributed by atoms with Crippen LogP contribution in [0.3, 0.4) is 0 Å². The second-order valence-electron chi connectivity index (χ2n) is 4.12. The van der Waals surface area contributed by atoms with E-state index in [1.54, 1.807) is 0 Å². The highest BCUT2D eigenvalue weighted by Gasteiger charge is 2.17. The molecule has 0 unspecified atom stereocenters. The number of carbonyl (C=O) groups is 1. The predicted octanol–water partition coefficient (Wildman–Crippen LogP) is 2.19. The van der Waals surface area contributed by atoms with Crippen molar-refractivity contribution in [3.63, 3.8) is 0 Å². The Balaban J connectivity index is 2.23. The fourth-order valence-corrected chi connectivity index (χ4v) is 1.71. The second-order valence-corrected chi connectivity index (χ2v) is 4.12. The number of nitro groups is 1. The SMILES string of the molecule is Cc1cccc(C)c1NC(=O)c1cc([N+](=O)[O-])[nH]n1. The van der Waals surface area contributed by atoms with Gasteiger partial charge >= 0.3 is 5.82 Å². The third kappa shape index (κ3) is 2.59. The number of carbonyl (C=O) groups excluding carboxylic acids is 1. The monoisotopic (exact) mass is 260 g/mol. The normalized spacial score (nSPS) is 10.2. The minimum Gasteiger partial charge on any atom is -0.358 e. The van der Waals surface area contributed by atoms with Gasteiger partial charge in [-0.2, -0.15) is 0 Å². The summed E-state index contributed by atoms with van der Waals surface area (Å²) < 4.78 is 0. The lowest BCUT2D eigenvalue weighted by molar-refractivity contribution is -0.389. The molecule has 98 valence electrons. The van der Waals surface area contributed by atoms with Crippen molar-refractivity contribution in [3.8, 4) is 0 Å². The van der Waals surface area contributed by atoms with Crippen LogP contribution in [0.25, 0.3) is 0 Å². The minimum absolute atomic E-state index is 0.0191. The molecule has 0 spiro atoms. The Morgan fingerprint density at radius 2 is 2.00 bits per heavy atom. The second kappa shape index (κ2) is 4.89. The number of aryl methyl sites for hydroxylation is 2. The molecule has 0 saturated heterocycles. The van der Waals surface area contributed by atoms with Gasteiger partial charge in [-0.15, -0.1) is 5.10 Å². The van der Waals surface area contributed by atoms with Crippen LogP contribution in [0.2, 0.25) is 0 Å². The van der Waals surface area contributed by atoms with Crippen LogP contribution in [0, 0.1) is 24.0 Å². The molecule has 2 rings (SSSR count). The molecule has 1 aromatic heterocycles. The summed E-state index contributed by atoms with van der Waals surface area (Å²) in [7, 11) is 0. The summed E-state index contributed by atoms with van der Waals surface area (Å²) in [5.41, 5.74) is 2.50. The van der Waals surface area contributed by atoms with Crippen LogP contribution in [0.15, 0.2) is 24.3 Å². The first-order valence-corrected chi connectivity index (χ1v) is 5.56. The number of nitrogens with zero attached hydrogens (tertiary/aromatic N) is 2. The van der Waals surface area contributed by atoms with E-state index in [9.17, 15) is 14.9 Å². The Kier molecular flexibility index (Phi) is 3.28. The van der Waals surface area contributed by atoms with Crippen molar-refractivity contribution in [2.24, 2.45) is 0 Å². The lowest BCUT2D eigenvalue weighted by Crippen LogP contribution is -2.14. The molecule has 0 fully saturated rings. The highest BCUT2D eigenvalue weighted by atomic mass is 16.6. The summed E-state index contributed by atoms with van der Waals surface area (Å²) >= 11 is 0. The van der Waals surface area contributed by atoms with Crippen LogP contribution in [-0.4, -0.2) is 21.0 Å². The molecule has 19 heavy (non-hydrogen) atoms. The summed E-state index contributed by atoms with van der Waals surface area (Å²) in [6.07, 6.45) is 0. The largest absolute Gasteiger partial charge is 0.358 e. The van der Waals surface area contributed by atoms with Crippen molar-refractivity contribution in [2.45, 2.75) is 13.8 Å². The molecule has 7 heteroatoms. The molecule has 2 N–H and O–H groups in total. The molecule has 7 nitrogen and oxygen atoms in total. The quantitative estimate of drug-likeness (QED) is 0.652. The van der Waals surface area contributed by atoms with Crippen LogP contribution in [0.5, 0.6) is 0 Å². The Morgan fingerprint density at radius 3 is 2.53 bits per heavy atom. The van der Waals surface area contributed by atoms with Crippen LogP contribution >= 0.6 is 0 Å². The van der Waals surface area contributed by atoms with Gasteiger partial charge in [0, 0.05) is 5.69 Å². The average molecular weight is 260 g/mol. The van der Waals surface area contributed by atoms with Gasteiger partial charge in [-0.05, 0) is 29.9 Å². The van der Waals surface area contributed by atoms with Gasteiger partial charge in [0.1, 0.15) is 0 Å². The molecule has 1 heterocycles. The molecule has 1 aromatic carbocycles. The van der Waals surface area contributed by atoms with E-state index in [2.05, 4.69) is 15.5 Å². The van der Waals surface area contributed by atoms with E-state index in [0.717, 1.165) is 17.2 Å².